The van der Waals surface area contributed by atoms with E-state index in [2.05, 4.69) is 10.6 Å². The van der Waals surface area contributed by atoms with E-state index < -0.39 is 0 Å². The molecule has 1 unspecified atom stereocenters. The van der Waals surface area contributed by atoms with E-state index in [9.17, 15) is 9.59 Å². The van der Waals surface area contributed by atoms with Gasteiger partial charge in [-0.25, -0.2) is 0 Å². The van der Waals surface area contributed by atoms with Gasteiger partial charge in [0.1, 0.15) is 0 Å². The summed E-state index contributed by atoms with van der Waals surface area (Å²) in [4.78, 5) is 24.6. The van der Waals surface area contributed by atoms with Crippen molar-refractivity contribution in [1.82, 2.24) is 5.32 Å². The lowest BCUT2D eigenvalue weighted by molar-refractivity contribution is 0.0857. The van der Waals surface area contributed by atoms with E-state index in [0.717, 1.165) is 19.4 Å². The summed E-state index contributed by atoms with van der Waals surface area (Å²) in [6.07, 6.45) is 2.06. The van der Waals surface area contributed by atoms with Gasteiger partial charge in [-0.3, -0.25) is 9.59 Å². The molecule has 136 valence electrons. The van der Waals surface area contributed by atoms with E-state index in [1.165, 1.54) is 12.1 Å². The monoisotopic (exact) mass is 392 g/mol. The molecule has 0 aromatic heterocycles. The van der Waals surface area contributed by atoms with Gasteiger partial charge in [-0.05, 0) is 49.2 Å². The number of nitrogens with one attached hydrogen (secondary N) is 2. The maximum Gasteiger partial charge on any atom is 0.255 e. The molecule has 2 aromatic rings. The van der Waals surface area contributed by atoms with Crippen LogP contribution in [0.15, 0.2) is 42.5 Å². The molecule has 1 aliphatic heterocycles. The highest BCUT2D eigenvalue weighted by molar-refractivity contribution is 6.35. The normalized spacial score (nSPS) is 16.3. The second-order valence-corrected chi connectivity index (χ2v) is 6.91. The Hall–Kier alpha value is -2.08. The molecule has 0 aliphatic carbocycles. The van der Waals surface area contributed by atoms with Crippen LogP contribution in [0.4, 0.5) is 5.69 Å². The average Bonchev–Trinajstić information content (AvgIpc) is 3.12. The first-order valence-electron chi connectivity index (χ1n) is 8.28. The van der Waals surface area contributed by atoms with Gasteiger partial charge in [0.25, 0.3) is 11.8 Å². The molecule has 3 rings (SSSR count). The Kier molecular flexibility index (Phi) is 6.14. The number of amides is 2. The summed E-state index contributed by atoms with van der Waals surface area (Å²) < 4.78 is 5.49. The number of hydrogen-bond acceptors (Lipinski definition) is 3. The van der Waals surface area contributed by atoms with Crippen molar-refractivity contribution in [2.24, 2.45) is 0 Å². The van der Waals surface area contributed by atoms with E-state index >= 15 is 0 Å². The third-order valence-electron chi connectivity index (χ3n) is 4.02. The summed E-state index contributed by atoms with van der Waals surface area (Å²) >= 11 is 11.8. The molecular weight excluding hydrogens is 375 g/mol. The summed E-state index contributed by atoms with van der Waals surface area (Å²) in [5, 5.41) is 6.36. The van der Waals surface area contributed by atoms with Crippen molar-refractivity contribution in [1.29, 1.82) is 0 Å². The molecule has 2 N–H and O–H groups in total. The second-order valence-electron chi connectivity index (χ2n) is 6.04. The van der Waals surface area contributed by atoms with Crippen LogP contribution in [0.3, 0.4) is 0 Å². The molecule has 1 aliphatic rings. The van der Waals surface area contributed by atoms with Crippen LogP contribution in [-0.2, 0) is 4.74 Å². The largest absolute Gasteiger partial charge is 0.376 e. The topological polar surface area (TPSA) is 67.4 Å². The Morgan fingerprint density at radius 3 is 2.50 bits per heavy atom. The summed E-state index contributed by atoms with van der Waals surface area (Å²) in [6, 6.07) is 11.3. The highest BCUT2D eigenvalue weighted by Gasteiger charge is 2.17. The lowest BCUT2D eigenvalue weighted by Crippen LogP contribution is -2.31. The Bertz CT molecular complexity index is 800. The zero-order valence-corrected chi connectivity index (χ0v) is 15.4. The molecule has 7 heteroatoms. The van der Waals surface area contributed by atoms with E-state index in [0.29, 0.717) is 33.4 Å². The molecule has 1 atom stereocenters. The molecule has 0 spiro atoms. The number of hydrogen-bond donors (Lipinski definition) is 2. The SMILES string of the molecule is O=C(NCC1CCCO1)c1cccc(NC(=O)c2cc(Cl)cc(Cl)c2)c1. The molecule has 0 bridgehead atoms. The zero-order valence-electron chi connectivity index (χ0n) is 13.9. The van der Waals surface area contributed by atoms with Gasteiger partial charge in [-0.15, -0.1) is 0 Å². The smallest absolute Gasteiger partial charge is 0.255 e. The van der Waals surface area contributed by atoms with Gasteiger partial charge in [0.15, 0.2) is 0 Å². The Balaban J connectivity index is 1.64. The highest BCUT2D eigenvalue weighted by Crippen LogP contribution is 2.20. The standard InChI is InChI=1S/C19H18Cl2N2O3/c20-14-7-13(8-15(21)10-14)19(25)23-16-4-1-3-12(9-16)18(24)22-11-17-5-2-6-26-17/h1,3-4,7-10,17H,2,5-6,11H2,(H,22,24)(H,23,25). The number of carbonyl (C=O) groups excluding carboxylic acids is 2. The summed E-state index contributed by atoms with van der Waals surface area (Å²) in [5.74, 6) is -0.561. The lowest BCUT2D eigenvalue weighted by atomic mass is 10.1. The van der Waals surface area contributed by atoms with Crippen LogP contribution in [0.25, 0.3) is 0 Å². The molecule has 26 heavy (non-hydrogen) atoms. The van der Waals surface area contributed by atoms with E-state index in [1.54, 1.807) is 30.3 Å². The molecular formula is C19H18Cl2N2O3. The lowest BCUT2D eigenvalue weighted by Gasteiger charge is -2.12. The van der Waals surface area contributed by atoms with Gasteiger partial charge < -0.3 is 15.4 Å². The van der Waals surface area contributed by atoms with Crippen LogP contribution in [0.2, 0.25) is 10.0 Å². The van der Waals surface area contributed by atoms with Gasteiger partial charge in [0, 0.05) is 40.0 Å². The summed E-state index contributed by atoms with van der Waals surface area (Å²) in [6.45, 7) is 1.23. The number of rotatable bonds is 5. The van der Waals surface area contributed by atoms with E-state index in [4.69, 9.17) is 27.9 Å². The molecule has 0 radical (unpaired) electrons. The van der Waals surface area contributed by atoms with Crippen molar-refractivity contribution in [3.8, 4) is 0 Å². The average molecular weight is 393 g/mol. The van der Waals surface area contributed by atoms with Crippen LogP contribution in [-0.4, -0.2) is 31.1 Å². The van der Waals surface area contributed by atoms with Gasteiger partial charge in [-0.1, -0.05) is 29.3 Å². The first kappa shape index (κ1) is 18.7. The van der Waals surface area contributed by atoms with Crippen LogP contribution >= 0.6 is 23.2 Å². The quantitative estimate of drug-likeness (QED) is 0.802. The van der Waals surface area contributed by atoms with Crippen molar-refractivity contribution < 1.29 is 14.3 Å². The number of halogens is 2. The van der Waals surface area contributed by atoms with Crippen molar-refractivity contribution in [2.75, 3.05) is 18.5 Å². The molecule has 1 saturated heterocycles. The number of carbonyl (C=O) groups is 2. The summed E-state index contributed by atoms with van der Waals surface area (Å²) in [5.41, 5.74) is 1.32. The Morgan fingerprint density at radius 2 is 1.81 bits per heavy atom. The third-order valence-corrected chi connectivity index (χ3v) is 4.46. The van der Waals surface area contributed by atoms with Gasteiger partial charge in [-0.2, -0.15) is 0 Å². The van der Waals surface area contributed by atoms with Crippen molar-refractivity contribution in [3.05, 3.63) is 63.6 Å². The molecule has 1 fully saturated rings. The minimum absolute atomic E-state index is 0.0782. The predicted molar refractivity (Wildman–Crippen MR) is 102 cm³/mol. The fraction of sp³-hybridized carbons (Fsp3) is 0.263. The molecule has 5 nitrogen and oxygen atoms in total. The number of ether oxygens (including phenoxy) is 1. The minimum atomic E-state index is -0.355. The van der Waals surface area contributed by atoms with Crippen molar-refractivity contribution >= 4 is 40.7 Å². The van der Waals surface area contributed by atoms with Gasteiger partial charge in [0.2, 0.25) is 0 Å². The second kappa shape index (κ2) is 8.54. The molecule has 0 saturated carbocycles. The van der Waals surface area contributed by atoms with Crippen LogP contribution in [0, 0.1) is 0 Å². The zero-order chi connectivity index (χ0) is 18.5. The highest BCUT2D eigenvalue weighted by atomic mass is 35.5. The predicted octanol–water partition coefficient (Wildman–Crippen LogP) is 4.15. The maximum absolute atomic E-state index is 12.4. The molecule has 1 heterocycles. The third kappa shape index (κ3) is 4.97. The number of anilines is 1. The Morgan fingerprint density at radius 1 is 1.04 bits per heavy atom. The summed E-state index contributed by atoms with van der Waals surface area (Å²) in [7, 11) is 0. The van der Waals surface area contributed by atoms with Crippen LogP contribution in [0.1, 0.15) is 33.6 Å². The van der Waals surface area contributed by atoms with Crippen LogP contribution < -0.4 is 10.6 Å². The first-order chi connectivity index (χ1) is 12.5. The van der Waals surface area contributed by atoms with E-state index in [-0.39, 0.29) is 17.9 Å². The molecule has 2 amide bonds. The Labute approximate surface area is 161 Å². The number of benzene rings is 2. The van der Waals surface area contributed by atoms with Crippen molar-refractivity contribution in [2.45, 2.75) is 18.9 Å². The fourth-order valence-corrected chi connectivity index (χ4v) is 3.27. The van der Waals surface area contributed by atoms with Gasteiger partial charge in [0.05, 0.1) is 6.10 Å². The van der Waals surface area contributed by atoms with Crippen molar-refractivity contribution in [3.63, 3.8) is 0 Å². The fourth-order valence-electron chi connectivity index (χ4n) is 2.74. The van der Waals surface area contributed by atoms with Crippen LogP contribution in [0.5, 0.6) is 0 Å². The van der Waals surface area contributed by atoms with E-state index in [1.807, 2.05) is 0 Å². The minimum Gasteiger partial charge on any atom is -0.376 e. The first-order valence-corrected chi connectivity index (χ1v) is 9.04. The van der Waals surface area contributed by atoms with Gasteiger partial charge >= 0.3 is 0 Å². The maximum atomic E-state index is 12.4. The molecule has 2 aromatic carbocycles.